The van der Waals surface area contributed by atoms with Crippen molar-refractivity contribution in [1.29, 1.82) is 0 Å². The van der Waals surface area contributed by atoms with Gasteiger partial charge in [-0.3, -0.25) is 4.79 Å². The fourth-order valence-corrected chi connectivity index (χ4v) is 0.673. The Balaban J connectivity index is 3.64. The molecule has 0 aliphatic carbocycles. The summed E-state index contributed by atoms with van der Waals surface area (Å²) >= 11 is 4.44. The van der Waals surface area contributed by atoms with Gasteiger partial charge in [-0.05, 0) is 19.1 Å². The molecule has 0 rings (SSSR count). The van der Waals surface area contributed by atoms with Crippen molar-refractivity contribution in [3.05, 3.63) is 12.2 Å². The van der Waals surface area contributed by atoms with Crippen LogP contribution in [-0.4, -0.2) is 23.6 Å². The predicted octanol–water partition coefficient (Wildman–Crippen LogP) is -0.144. The van der Waals surface area contributed by atoms with E-state index in [4.69, 9.17) is 5.73 Å². The predicted molar refractivity (Wildman–Crippen MR) is 55.3 cm³/mol. The lowest BCUT2D eigenvalue weighted by Gasteiger charge is -2.04. The molecule has 0 aromatic rings. The summed E-state index contributed by atoms with van der Waals surface area (Å²) in [4.78, 5) is 21.8. The van der Waals surface area contributed by atoms with E-state index >= 15 is 0 Å². The van der Waals surface area contributed by atoms with Gasteiger partial charge in [0, 0.05) is 5.57 Å². The first-order valence-corrected chi connectivity index (χ1v) is 4.26. The SMILES string of the molecule is C=C(C)C(=O)OCCC(=O)NC(N)=S. The van der Waals surface area contributed by atoms with Crippen LogP contribution in [0.5, 0.6) is 0 Å². The van der Waals surface area contributed by atoms with Crippen LogP contribution in [0.25, 0.3) is 0 Å². The van der Waals surface area contributed by atoms with Crippen LogP contribution in [0.3, 0.4) is 0 Å². The maximum Gasteiger partial charge on any atom is 0.333 e. The Morgan fingerprint density at radius 2 is 2.14 bits per heavy atom. The average Bonchev–Trinajstić information content (AvgIpc) is 2.02. The van der Waals surface area contributed by atoms with Crippen LogP contribution >= 0.6 is 12.2 Å². The van der Waals surface area contributed by atoms with Crippen LogP contribution in [0.4, 0.5) is 0 Å². The highest BCUT2D eigenvalue weighted by Gasteiger charge is 2.06. The first kappa shape index (κ1) is 12.6. The highest BCUT2D eigenvalue weighted by molar-refractivity contribution is 7.80. The number of nitrogens with one attached hydrogen (secondary N) is 1. The van der Waals surface area contributed by atoms with E-state index < -0.39 is 5.97 Å². The second kappa shape index (κ2) is 6.09. The number of hydrogen-bond donors (Lipinski definition) is 2. The van der Waals surface area contributed by atoms with E-state index in [2.05, 4.69) is 28.9 Å². The first-order valence-electron chi connectivity index (χ1n) is 3.85. The van der Waals surface area contributed by atoms with Crippen molar-refractivity contribution in [1.82, 2.24) is 5.32 Å². The minimum atomic E-state index is -0.520. The zero-order valence-electron chi connectivity index (χ0n) is 7.83. The van der Waals surface area contributed by atoms with Crippen LogP contribution in [0.2, 0.25) is 0 Å². The molecular weight excluding hydrogens is 204 g/mol. The Morgan fingerprint density at radius 1 is 1.57 bits per heavy atom. The smallest absolute Gasteiger partial charge is 0.333 e. The molecule has 6 heteroatoms. The van der Waals surface area contributed by atoms with Crippen molar-refractivity contribution in [3.8, 4) is 0 Å². The molecule has 0 fully saturated rings. The molecule has 0 saturated carbocycles. The van der Waals surface area contributed by atoms with E-state index in [0.717, 1.165) is 0 Å². The Bertz CT molecular complexity index is 276. The minimum Gasteiger partial charge on any atom is -0.462 e. The maximum atomic E-state index is 10.9. The molecule has 0 aliphatic heterocycles. The van der Waals surface area contributed by atoms with E-state index in [1.165, 1.54) is 6.92 Å². The Morgan fingerprint density at radius 3 is 2.57 bits per heavy atom. The van der Waals surface area contributed by atoms with E-state index in [1.807, 2.05) is 0 Å². The van der Waals surface area contributed by atoms with Gasteiger partial charge in [0.1, 0.15) is 6.61 Å². The van der Waals surface area contributed by atoms with Gasteiger partial charge in [-0.2, -0.15) is 0 Å². The van der Waals surface area contributed by atoms with Crippen LogP contribution in [-0.2, 0) is 14.3 Å². The third-order valence-corrected chi connectivity index (χ3v) is 1.28. The van der Waals surface area contributed by atoms with Crippen LogP contribution < -0.4 is 11.1 Å². The fourth-order valence-electron chi connectivity index (χ4n) is 0.560. The fraction of sp³-hybridized carbons (Fsp3) is 0.375. The normalized spacial score (nSPS) is 8.93. The van der Waals surface area contributed by atoms with Gasteiger partial charge >= 0.3 is 5.97 Å². The summed E-state index contributed by atoms with van der Waals surface area (Å²) in [6.45, 7) is 4.90. The van der Waals surface area contributed by atoms with Crippen molar-refractivity contribution in [2.75, 3.05) is 6.61 Å². The maximum absolute atomic E-state index is 10.9. The second-order valence-corrected chi connectivity index (χ2v) is 3.02. The number of amides is 1. The largest absolute Gasteiger partial charge is 0.462 e. The highest BCUT2D eigenvalue weighted by atomic mass is 32.1. The van der Waals surface area contributed by atoms with Crippen LogP contribution in [0, 0.1) is 0 Å². The van der Waals surface area contributed by atoms with E-state index in [0.29, 0.717) is 5.57 Å². The monoisotopic (exact) mass is 216 g/mol. The van der Waals surface area contributed by atoms with Gasteiger partial charge in [0.2, 0.25) is 5.91 Å². The lowest BCUT2D eigenvalue weighted by molar-refractivity contribution is -0.139. The number of rotatable bonds is 4. The van der Waals surface area contributed by atoms with Crippen molar-refractivity contribution in [2.45, 2.75) is 13.3 Å². The number of thiocarbonyl (C=S) groups is 1. The van der Waals surface area contributed by atoms with Gasteiger partial charge in [0.25, 0.3) is 0 Å². The van der Waals surface area contributed by atoms with Gasteiger partial charge < -0.3 is 15.8 Å². The molecule has 0 spiro atoms. The molecule has 0 aromatic carbocycles. The average molecular weight is 216 g/mol. The van der Waals surface area contributed by atoms with Gasteiger partial charge in [-0.25, -0.2) is 4.79 Å². The summed E-state index contributed by atoms with van der Waals surface area (Å²) in [5.41, 5.74) is 5.34. The molecule has 0 aliphatic rings. The first-order chi connectivity index (χ1) is 6.43. The van der Waals surface area contributed by atoms with Gasteiger partial charge in [0.15, 0.2) is 5.11 Å². The number of ether oxygens (including phenoxy) is 1. The number of carbonyl (C=O) groups is 2. The zero-order valence-corrected chi connectivity index (χ0v) is 8.65. The molecule has 14 heavy (non-hydrogen) atoms. The molecule has 78 valence electrons. The van der Waals surface area contributed by atoms with E-state index in [-0.39, 0.29) is 24.0 Å². The van der Waals surface area contributed by atoms with Crippen molar-refractivity contribution >= 4 is 29.2 Å². The molecule has 3 N–H and O–H groups in total. The Kier molecular flexibility index (Phi) is 5.47. The molecule has 0 radical (unpaired) electrons. The molecule has 1 amide bonds. The summed E-state index contributed by atoms with van der Waals surface area (Å²) in [7, 11) is 0. The molecule has 0 heterocycles. The standard InChI is InChI=1S/C8H12N2O3S/c1-5(2)7(12)13-4-3-6(11)10-8(9)14/h1,3-4H2,2H3,(H3,9,10,11,14). The number of hydrogen-bond acceptors (Lipinski definition) is 4. The molecule has 0 bridgehead atoms. The van der Waals surface area contributed by atoms with Gasteiger partial charge in [0.05, 0.1) is 6.42 Å². The Hall–Kier alpha value is -1.43. The van der Waals surface area contributed by atoms with Crippen molar-refractivity contribution < 1.29 is 14.3 Å². The number of esters is 1. The van der Waals surface area contributed by atoms with E-state index in [9.17, 15) is 9.59 Å². The minimum absolute atomic E-state index is 0.0137. The lowest BCUT2D eigenvalue weighted by Crippen LogP contribution is -2.35. The molecule has 0 saturated heterocycles. The zero-order chi connectivity index (χ0) is 11.1. The topological polar surface area (TPSA) is 81.4 Å². The lowest BCUT2D eigenvalue weighted by atomic mass is 10.3. The summed E-state index contributed by atoms with van der Waals surface area (Å²) in [5, 5.41) is 2.11. The molecule has 0 atom stereocenters. The molecule has 5 nitrogen and oxygen atoms in total. The van der Waals surface area contributed by atoms with Crippen LogP contribution in [0.1, 0.15) is 13.3 Å². The quantitative estimate of drug-likeness (QED) is 0.388. The van der Waals surface area contributed by atoms with Crippen molar-refractivity contribution in [3.63, 3.8) is 0 Å². The molecule has 0 unspecified atom stereocenters. The number of carbonyl (C=O) groups excluding carboxylic acids is 2. The van der Waals surface area contributed by atoms with Gasteiger partial charge in [-0.15, -0.1) is 0 Å². The second-order valence-electron chi connectivity index (χ2n) is 2.58. The molecule has 0 aromatic heterocycles. The summed E-state index contributed by atoms with van der Waals surface area (Å²) in [5.74, 6) is -0.903. The molecular formula is C8H12N2O3S. The number of nitrogens with two attached hydrogens (primary N) is 1. The van der Waals surface area contributed by atoms with Crippen LogP contribution in [0.15, 0.2) is 12.2 Å². The summed E-state index contributed by atoms with van der Waals surface area (Å²) in [6, 6.07) is 0. The highest BCUT2D eigenvalue weighted by Crippen LogP contribution is 1.93. The third kappa shape index (κ3) is 6.13. The summed E-state index contributed by atoms with van der Waals surface area (Å²) in [6.07, 6.45) is 0.0242. The third-order valence-electron chi connectivity index (χ3n) is 1.17. The van der Waals surface area contributed by atoms with Gasteiger partial charge in [-0.1, -0.05) is 6.58 Å². The van der Waals surface area contributed by atoms with Crippen molar-refractivity contribution in [2.24, 2.45) is 5.73 Å². The van der Waals surface area contributed by atoms with E-state index in [1.54, 1.807) is 0 Å². The summed E-state index contributed by atoms with van der Waals surface area (Å²) < 4.78 is 4.67. The Labute approximate surface area is 87.3 Å².